The van der Waals surface area contributed by atoms with Crippen LogP contribution in [0.25, 0.3) is 0 Å². The maximum Gasteiger partial charge on any atom is 0.396 e. The molecule has 1 atom stereocenters. The Kier molecular flexibility index (Phi) is 3.86. The van der Waals surface area contributed by atoms with Crippen molar-refractivity contribution in [2.45, 2.75) is 32.1 Å². The van der Waals surface area contributed by atoms with Gasteiger partial charge in [-0.15, -0.1) is 0 Å². The maximum absolute atomic E-state index is 12.1. The maximum atomic E-state index is 12.1. The van der Waals surface area contributed by atoms with Crippen molar-refractivity contribution < 1.29 is 17.7 Å². The van der Waals surface area contributed by atoms with Gasteiger partial charge in [0.2, 0.25) is 5.89 Å². The summed E-state index contributed by atoms with van der Waals surface area (Å²) < 4.78 is 41.2. The van der Waals surface area contributed by atoms with Gasteiger partial charge in [0.15, 0.2) is 5.82 Å². The lowest BCUT2D eigenvalue weighted by molar-refractivity contribution is -0.128. The fraction of sp³-hybridized carbons (Fsp3) is 0.800. The summed E-state index contributed by atoms with van der Waals surface area (Å²) in [6.07, 6.45) is -5.45. The average molecular weight is 264 g/mol. The van der Waals surface area contributed by atoms with Crippen LogP contribution < -0.4 is 5.32 Å². The molecule has 0 saturated carbocycles. The van der Waals surface area contributed by atoms with Gasteiger partial charge in [0.1, 0.15) is 6.42 Å². The van der Waals surface area contributed by atoms with Crippen molar-refractivity contribution in [3.05, 3.63) is 11.7 Å². The SMILES string of the molecule is C[C@@H]1CNCCN1Cc1nc(CC(F)(F)F)no1. The zero-order chi connectivity index (χ0) is 13.2. The minimum Gasteiger partial charge on any atom is -0.338 e. The van der Waals surface area contributed by atoms with E-state index in [0.29, 0.717) is 12.6 Å². The number of alkyl halides is 3. The Hall–Kier alpha value is -1.15. The summed E-state index contributed by atoms with van der Waals surface area (Å²) >= 11 is 0. The Morgan fingerprint density at radius 1 is 1.50 bits per heavy atom. The first kappa shape index (κ1) is 13.3. The molecular weight excluding hydrogens is 249 g/mol. The average Bonchev–Trinajstić information content (AvgIpc) is 2.66. The second-order valence-corrected chi connectivity index (χ2v) is 4.42. The number of hydrogen-bond donors (Lipinski definition) is 1. The Morgan fingerprint density at radius 2 is 2.28 bits per heavy atom. The molecule has 0 unspecified atom stereocenters. The van der Waals surface area contributed by atoms with Gasteiger partial charge in [-0.2, -0.15) is 18.2 Å². The predicted molar refractivity (Wildman–Crippen MR) is 56.8 cm³/mol. The topological polar surface area (TPSA) is 54.2 Å². The van der Waals surface area contributed by atoms with Crippen molar-refractivity contribution >= 4 is 0 Å². The zero-order valence-corrected chi connectivity index (χ0v) is 10.00. The first-order valence-corrected chi connectivity index (χ1v) is 5.77. The number of rotatable bonds is 3. The Bertz CT molecular complexity index is 393. The van der Waals surface area contributed by atoms with Crippen molar-refractivity contribution in [1.82, 2.24) is 20.4 Å². The molecule has 0 aromatic carbocycles. The lowest BCUT2D eigenvalue weighted by Crippen LogP contribution is -2.49. The van der Waals surface area contributed by atoms with Crippen LogP contribution in [-0.4, -0.2) is 46.9 Å². The number of piperazine rings is 1. The summed E-state index contributed by atoms with van der Waals surface area (Å²) in [5.41, 5.74) is 0. The third kappa shape index (κ3) is 3.67. The molecule has 2 rings (SSSR count). The van der Waals surface area contributed by atoms with E-state index in [1.54, 1.807) is 0 Å². The van der Waals surface area contributed by atoms with Gasteiger partial charge in [-0.3, -0.25) is 4.90 Å². The van der Waals surface area contributed by atoms with E-state index in [9.17, 15) is 13.2 Å². The van der Waals surface area contributed by atoms with Crippen LogP contribution in [0.3, 0.4) is 0 Å². The predicted octanol–water partition coefficient (Wildman–Crippen LogP) is 0.968. The van der Waals surface area contributed by atoms with Gasteiger partial charge in [0.05, 0.1) is 6.54 Å². The van der Waals surface area contributed by atoms with E-state index in [4.69, 9.17) is 4.52 Å². The van der Waals surface area contributed by atoms with Crippen molar-refractivity contribution in [2.75, 3.05) is 19.6 Å². The van der Waals surface area contributed by atoms with Gasteiger partial charge in [-0.05, 0) is 6.92 Å². The van der Waals surface area contributed by atoms with Gasteiger partial charge in [0, 0.05) is 25.7 Å². The fourth-order valence-electron chi connectivity index (χ4n) is 1.90. The van der Waals surface area contributed by atoms with Crippen LogP contribution in [0.15, 0.2) is 4.52 Å². The summed E-state index contributed by atoms with van der Waals surface area (Å²) in [6, 6.07) is 0.303. The standard InChI is InChI=1S/C10H15F3N4O/c1-7-5-14-2-3-17(7)6-9-15-8(16-18-9)4-10(11,12)13/h7,14H,2-6H2,1H3/t7-/m1/s1. The normalized spacial score (nSPS) is 22.3. The summed E-state index contributed by atoms with van der Waals surface area (Å²) in [5, 5.41) is 6.57. The van der Waals surface area contributed by atoms with E-state index in [0.717, 1.165) is 19.6 Å². The van der Waals surface area contributed by atoms with Crippen molar-refractivity contribution in [3.8, 4) is 0 Å². The lowest BCUT2D eigenvalue weighted by atomic mass is 10.2. The molecule has 2 heterocycles. The molecule has 0 spiro atoms. The number of nitrogens with one attached hydrogen (secondary N) is 1. The second-order valence-electron chi connectivity index (χ2n) is 4.42. The Labute approximate surface area is 102 Å². The molecular formula is C10H15F3N4O. The molecule has 1 aliphatic heterocycles. The van der Waals surface area contributed by atoms with Crippen LogP contribution in [-0.2, 0) is 13.0 Å². The monoisotopic (exact) mass is 264 g/mol. The van der Waals surface area contributed by atoms with Crippen LogP contribution in [0.2, 0.25) is 0 Å². The van der Waals surface area contributed by atoms with E-state index in [2.05, 4.69) is 20.4 Å². The van der Waals surface area contributed by atoms with Gasteiger partial charge in [-0.1, -0.05) is 5.16 Å². The summed E-state index contributed by atoms with van der Waals surface area (Å²) in [7, 11) is 0. The third-order valence-electron chi connectivity index (χ3n) is 2.85. The molecule has 1 aromatic heterocycles. The highest BCUT2D eigenvalue weighted by Crippen LogP contribution is 2.19. The van der Waals surface area contributed by atoms with Gasteiger partial charge >= 0.3 is 6.18 Å². The molecule has 1 fully saturated rings. The first-order chi connectivity index (χ1) is 8.44. The van der Waals surface area contributed by atoms with E-state index >= 15 is 0 Å². The zero-order valence-electron chi connectivity index (χ0n) is 10.00. The number of aromatic nitrogens is 2. The highest BCUT2D eigenvalue weighted by molar-refractivity contribution is 4.90. The van der Waals surface area contributed by atoms with Crippen LogP contribution in [0.1, 0.15) is 18.6 Å². The highest BCUT2D eigenvalue weighted by atomic mass is 19.4. The Balaban J connectivity index is 1.93. The molecule has 102 valence electrons. The van der Waals surface area contributed by atoms with Crippen molar-refractivity contribution in [2.24, 2.45) is 0 Å². The van der Waals surface area contributed by atoms with Gasteiger partial charge < -0.3 is 9.84 Å². The fourth-order valence-corrected chi connectivity index (χ4v) is 1.90. The molecule has 1 N–H and O–H groups in total. The van der Waals surface area contributed by atoms with E-state index in [1.165, 1.54) is 0 Å². The molecule has 8 heteroatoms. The van der Waals surface area contributed by atoms with Gasteiger partial charge in [0.25, 0.3) is 0 Å². The van der Waals surface area contributed by atoms with Crippen LogP contribution in [0.4, 0.5) is 13.2 Å². The molecule has 0 aliphatic carbocycles. The minimum absolute atomic E-state index is 0.239. The Morgan fingerprint density at radius 3 is 2.94 bits per heavy atom. The molecule has 18 heavy (non-hydrogen) atoms. The van der Waals surface area contributed by atoms with Gasteiger partial charge in [-0.25, -0.2) is 0 Å². The molecule has 5 nitrogen and oxygen atoms in total. The van der Waals surface area contributed by atoms with Crippen LogP contribution in [0.5, 0.6) is 0 Å². The summed E-state index contributed by atoms with van der Waals surface area (Å²) in [5.74, 6) is -0.0664. The molecule has 1 aromatic rings. The second kappa shape index (κ2) is 5.23. The number of hydrogen-bond acceptors (Lipinski definition) is 5. The van der Waals surface area contributed by atoms with E-state index in [1.807, 2.05) is 6.92 Å². The number of nitrogens with zero attached hydrogens (tertiary/aromatic N) is 3. The van der Waals surface area contributed by atoms with Crippen LogP contribution in [0, 0.1) is 0 Å². The van der Waals surface area contributed by atoms with E-state index < -0.39 is 12.6 Å². The van der Waals surface area contributed by atoms with Crippen molar-refractivity contribution in [3.63, 3.8) is 0 Å². The number of halogens is 3. The third-order valence-corrected chi connectivity index (χ3v) is 2.85. The highest BCUT2D eigenvalue weighted by Gasteiger charge is 2.31. The summed E-state index contributed by atoms with van der Waals surface area (Å²) in [6.45, 7) is 4.96. The molecule has 1 aliphatic rings. The summed E-state index contributed by atoms with van der Waals surface area (Å²) in [4.78, 5) is 5.86. The molecule has 1 saturated heterocycles. The lowest BCUT2D eigenvalue weighted by Gasteiger charge is -2.32. The first-order valence-electron chi connectivity index (χ1n) is 5.77. The largest absolute Gasteiger partial charge is 0.396 e. The molecule has 0 amide bonds. The minimum atomic E-state index is -4.30. The quantitative estimate of drug-likeness (QED) is 0.881. The molecule has 0 radical (unpaired) electrons. The van der Waals surface area contributed by atoms with Crippen molar-refractivity contribution in [1.29, 1.82) is 0 Å². The smallest absolute Gasteiger partial charge is 0.338 e. The van der Waals surface area contributed by atoms with Crippen LogP contribution >= 0.6 is 0 Å². The van der Waals surface area contributed by atoms with E-state index in [-0.39, 0.29) is 11.7 Å². The molecule has 0 bridgehead atoms.